The Kier molecular flexibility index (Phi) is 10.3. The molecule has 44 heavy (non-hydrogen) atoms. The number of hydrogen-bond donors (Lipinski definition) is 3. The van der Waals surface area contributed by atoms with Crippen molar-refractivity contribution >= 4 is 23.1 Å². The summed E-state index contributed by atoms with van der Waals surface area (Å²) in [5, 5.41) is 31.8. The molecule has 0 amide bonds. The van der Waals surface area contributed by atoms with Crippen LogP contribution in [0.2, 0.25) is 0 Å². The Bertz CT molecular complexity index is 1440. The predicted octanol–water partition coefficient (Wildman–Crippen LogP) is 8.84. The summed E-state index contributed by atoms with van der Waals surface area (Å²) in [5.41, 5.74) is -1.06. The number of phenols is 2. The minimum absolute atomic E-state index is 0.0152. The third-order valence-electron chi connectivity index (χ3n) is 10.3. The fraction of sp³-hybridized carbons (Fsp3) is 0.553. The normalized spacial score (nSPS) is 26.2. The van der Waals surface area contributed by atoms with E-state index in [0.29, 0.717) is 12.8 Å². The SMILES string of the molecule is CC(C)=CCC(CC12CC(CC=C(C)C)C(C)(C)C(CC=C(C)C)(C(=O)C(=C(O)c3ccc(O)c(O)c3)C1=O)C2=O)C(C)C. The van der Waals surface area contributed by atoms with Gasteiger partial charge in [-0.15, -0.1) is 0 Å². The number of fused-ring (bicyclic) bond motifs is 2. The molecule has 2 aliphatic carbocycles. The Balaban J connectivity index is 2.46. The molecule has 2 aliphatic rings. The number of benzene rings is 1. The van der Waals surface area contributed by atoms with Gasteiger partial charge in [0, 0.05) is 5.56 Å². The number of aromatic hydroxyl groups is 2. The van der Waals surface area contributed by atoms with Crippen LogP contribution in [0.25, 0.3) is 5.76 Å². The number of Topliss-reactive ketones (excluding diaryl/α,β-unsaturated/α-hetero) is 3. The van der Waals surface area contributed by atoms with Crippen LogP contribution in [0.5, 0.6) is 11.5 Å². The van der Waals surface area contributed by atoms with Gasteiger partial charge in [-0.2, -0.15) is 0 Å². The largest absolute Gasteiger partial charge is 0.506 e. The Morgan fingerprint density at radius 3 is 2.00 bits per heavy atom. The maximum absolute atomic E-state index is 15.2. The first kappa shape index (κ1) is 35.1. The lowest BCUT2D eigenvalue weighted by molar-refractivity contribution is -0.177. The average Bonchev–Trinajstić information content (AvgIpc) is 2.91. The molecule has 2 bridgehead atoms. The minimum atomic E-state index is -1.59. The van der Waals surface area contributed by atoms with Gasteiger partial charge in [-0.3, -0.25) is 14.4 Å². The standard InChI is InChI=1S/C38H52O6/c1-22(2)11-13-27(25(7)8)20-37-21-28(15-12-23(3)4)36(9,10)38(35(37)44,18-17-24(5)6)34(43)31(33(37)42)32(41)26-14-16-29(39)30(40)19-26/h11-12,14,16-17,19,25,27-28,39-41H,13,15,18,20-21H2,1-10H3. The molecule has 0 aromatic heterocycles. The van der Waals surface area contributed by atoms with E-state index >= 15 is 4.79 Å². The Morgan fingerprint density at radius 1 is 0.886 bits per heavy atom. The second-order valence-corrected chi connectivity index (χ2v) is 14.8. The summed E-state index contributed by atoms with van der Waals surface area (Å²) in [6.07, 6.45) is 8.17. The van der Waals surface area contributed by atoms with Crippen molar-refractivity contribution in [2.45, 2.75) is 101 Å². The van der Waals surface area contributed by atoms with Crippen molar-refractivity contribution < 1.29 is 29.7 Å². The van der Waals surface area contributed by atoms with Crippen molar-refractivity contribution in [3.05, 3.63) is 64.3 Å². The van der Waals surface area contributed by atoms with Crippen LogP contribution in [0, 0.1) is 34.0 Å². The van der Waals surface area contributed by atoms with Crippen LogP contribution in [-0.2, 0) is 14.4 Å². The van der Waals surface area contributed by atoms with Crippen LogP contribution >= 0.6 is 0 Å². The number of carbonyl (C=O) groups excluding carboxylic acids is 3. The van der Waals surface area contributed by atoms with Gasteiger partial charge in [-0.05, 0) is 115 Å². The Morgan fingerprint density at radius 2 is 1.48 bits per heavy atom. The van der Waals surface area contributed by atoms with E-state index in [2.05, 4.69) is 26.0 Å². The van der Waals surface area contributed by atoms with Gasteiger partial charge in [0.2, 0.25) is 0 Å². The highest BCUT2D eigenvalue weighted by Gasteiger charge is 2.74. The summed E-state index contributed by atoms with van der Waals surface area (Å²) < 4.78 is 0. The van der Waals surface area contributed by atoms with Crippen molar-refractivity contribution in [1.82, 2.24) is 0 Å². The molecule has 6 nitrogen and oxygen atoms in total. The lowest BCUT2D eigenvalue weighted by Gasteiger charge is -2.61. The number of hydrogen-bond acceptors (Lipinski definition) is 6. The molecule has 2 saturated carbocycles. The van der Waals surface area contributed by atoms with E-state index in [0.717, 1.165) is 22.8 Å². The van der Waals surface area contributed by atoms with E-state index in [1.165, 1.54) is 12.1 Å². The molecular weight excluding hydrogens is 552 g/mol. The van der Waals surface area contributed by atoms with Gasteiger partial charge >= 0.3 is 0 Å². The highest BCUT2D eigenvalue weighted by molar-refractivity contribution is 6.41. The van der Waals surface area contributed by atoms with E-state index in [1.807, 2.05) is 61.5 Å². The first-order valence-corrected chi connectivity index (χ1v) is 15.8. The smallest absolute Gasteiger partial charge is 0.184 e. The maximum Gasteiger partial charge on any atom is 0.184 e. The molecule has 3 rings (SSSR count). The van der Waals surface area contributed by atoms with E-state index in [4.69, 9.17) is 0 Å². The third kappa shape index (κ3) is 6.09. The zero-order valence-corrected chi connectivity index (χ0v) is 28.3. The summed E-state index contributed by atoms with van der Waals surface area (Å²) in [6.45, 7) is 20.1. The van der Waals surface area contributed by atoms with Crippen LogP contribution in [0.4, 0.5) is 0 Å². The van der Waals surface area contributed by atoms with Crippen LogP contribution in [0.15, 0.2) is 58.7 Å². The summed E-state index contributed by atoms with van der Waals surface area (Å²) >= 11 is 0. The van der Waals surface area contributed by atoms with E-state index in [1.54, 1.807) is 0 Å². The van der Waals surface area contributed by atoms with Gasteiger partial charge in [0.1, 0.15) is 16.7 Å². The van der Waals surface area contributed by atoms with Crippen LogP contribution in [0.3, 0.4) is 0 Å². The van der Waals surface area contributed by atoms with Gasteiger partial charge in [-0.1, -0.05) is 62.6 Å². The van der Waals surface area contributed by atoms with Crippen molar-refractivity contribution in [1.29, 1.82) is 0 Å². The average molecular weight is 605 g/mol. The predicted molar refractivity (Wildman–Crippen MR) is 176 cm³/mol. The van der Waals surface area contributed by atoms with Gasteiger partial charge in [0.15, 0.2) is 28.8 Å². The maximum atomic E-state index is 15.2. The molecule has 2 fully saturated rings. The van der Waals surface area contributed by atoms with E-state index in [9.17, 15) is 24.9 Å². The number of allylic oxidation sites excluding steroid dienone is 7. The summed E-state index contributed by atoms with van der Waals surface area (Å²) in [5.74, 6) is -3.08. The first-order valence-electron chi connectivity index (χ1n) is 15.8. The topological polar surface area (TPSA) is 112 Å². The Hall–Kier alpha value is -3.41. The summed E-state index contributed by atoms with van der Waals surface area (Å²) in [6, 6.07) is 3.69. The molecule has 3 N–H and O–H groups in total. The Labute approximate surface area is 263 Å². The van der Waals surface area contributed by atoms with Crippen LogP contribution in [-0.4, -0.2) is 32.7 Å². The van der Waals surface area contributed by atoms with E-state index in [-0.39, 0.29) is 53.9 Å². The first-order chi connectivity index (χ1) is 20.3. The molecule has 4 unspecified atom stereocenters. The third-order valence-corrected chi connectivity index (χ3v) is 10.3. The lowest BCUT2D eigenvalue weighted by Crippen LogP contribution is -2.70. The number of aliphatic hydroxyl groups is 1. The van der Waals surface area contributed by atoms with Gasteiger partial charge in [-0.25, -0.2) is 0 Å². The molecular formula is C38H52O6. The number of aliphatic hydroxyl groups excluding tert-OH is 1. The second kappa shape index (κ2) is 12.9. The molecule has 6 heteroatoms. The zero-order chi connectivity index (χ0) is 33.4. The number of carbonyl (C=O) groups is 3. The van der Waals surface area contributed by atoms with Gasteiger partial charge < -0.3 is 15.3 Å². The van der Waals surface area contributed by atoms with Crippen molar-refractivity contribution in [2.24, 2.45) is 34.0 Å². The quantitative estimate of drug-likeness (QED) is 0.0614. The molecule has 4 atom stereocenters. The van der Waals surface area contributed by atoms with Crippen molar-refractivity contribution in [2.75, 3.05) is 0 Å². The molecule has 0 radical (unpaired) electrons. The zero-order valence-electron chi connectivity index (χ0n) is 28.3. The number of ketones is 3. The lowest BCUT2D eigenvalue weighted by atomic mass is 9.38. The molecule has 1 aromatic rings. The van der Waals surface area contributed by atoms with Crippen molar-refractivity contribution in [3.63, 3.8) is 0 Å². The van der Waals surface area contributed by atoms with E-state index < -0.39 is 45.1 Å². The fourth-order valence-electron chi connectivity index (χ4n) is 7.25. The molecule has 1 aromatic carbocycles. The molecule has 240 valence electrons. The van der Waals surface area contributed by atoms with Crippen LogP contribution in [0.1, 0.15) is 107 Å². The van der Waals surface area contributed by atoms with Crippen molar-refractivity contribution in [3.8, 4) is 11.5 Å². The molecule has 0 saturated heterocycles. The fourth-order valence-corrected chi connectivity index (χ4v) is 7.25. The number of rotatable bonds is 10. The highest BCUT2D eigenvalue weighted by atomic mass is 16.3. The minimum Gasteiger partial charge on any atom is -0.506 e. The highest BCUT2D eigenvalue weighted by Crippen LogP contribution is 2.66. The molecule has 0 heterocycles. The second-order valence-electron chi connectivity index (χ2n) is 14.8. The monoisotopic (exact) mass is 604 g/mol. The number of phenolic OH excluding ortho intramolecular Hbond substituents is 2. The van der Waals surface area contributed by atoms with Gasteiger partial charge in [0.05, 0.1) is 5.41 Å². The summed E-state index contributed by atoms with van der Waals surface area (Å²) in [4.78, 5) is 45.0. The molecule has 0 aliphatic heterocycles. The summed E-state index contributed by atoms with van der Waals surface area (Å²) in [7, 11) is 0. The van der Waals surface area contributed by atoms with Crippen LogP contribution < -0.4 is 0 Å². The molecule has 0 spiro atoms. The van der Waals surface area contributed by atoms with Gasteiger partial charge in [0.25, 0.3) is 0 Å².